The Hall–Kier alpha value is -2.19. The Morgan fingerprint density at radius 1 is 0.915 bits per heavy atom. The average molecular weight is 647 g/mol. The number of anilines is 1. The molecule has 1 N–H and O–H groups in total. The minimum absolute atomic E-state index is 0.0349. The van der Waals surface area contributed by atoms with Gasteiger partial charge in [-0.2, -0.15) is 0 Å². The second kappa shape index (κ2) is 12.0. The summed E-state index contributed by atoms with van der Waals surface area (Å²) in [6, 6.07) is 4.21. The average Bonchev–Trinajstić information content (AvgIpc) is 3.52. The highest BCUT2D eigenvalue weighted by molar-refractivity contribution is 5.97. The van der Waals surface area contributed by atoms with Crippen LogP contribution in [0.15, 0.2) is 24.5 Å². The fourth-order valence-corrected chi connectivity index (χ4v) is 12.7. The van der Waals surface area contributed by atoms with Crippen LogP contribution in [0.1, 0.15) is 98.3 Å². The lowest BCUT2D eigenvalue weighted by Crippen LogP contribution is -2.56. The van der Waals surface area contributed by atoms with E-state index in [1.54, 1.807) is 12.4 Å². The predicted molar refractivity (Wildman–Crippen MR) is 181 cm³/mol. The van der Waals surface area contributed by atoms with Crippen molar-refractivity contribution in [1.82, 2.24) is 15.2 Å². The highest BCUT2D eigenvalue weighted by Gasteiger charge is 2.69. The highest BCUT2D eigenvalue weighted by atomic mass is 16.7. The molecule has 2 unspecified atom stereocenters. The molecule has 8 nitrogen and oxygen atoms in total. The van der Waals surface area contributed by atoms with Crippen LogP contribution in [0.2, 0.25) is 0 Å². The Labute approximate surface area is 282 Å². The summed E-state index contributed by atoms with van der Waals surface area (Å²) in [5, 5.41) is 3.32. The Kier molecular flexibility index (Phi) is 8.18. The van der Waals surface area contributed by atoms with E-state index in [1.165, 1.54) is 44.9 Å². The van der Waals surface area contributed by atoms with Gasteiger partial charge in [0, 0.05) is 62.6 Å². The van der Waals surface area contributed by atoms with Crippen molar-refractivity contribution >= 4 is 17.5 Å². The number of hydrogen-bond donors (Lipinski definition) is 1. The molecule has 1 spiro atoms. The first kappa shape index (κ1) is 32.0. The van der Waals surface area contributed by atoms with Gasteiger partial charge in [-0.25, -0.2) is 0 Å². The molecule has 8 heteroatoms. The largest absolute Gasteiger partial charge is 0.368 e. The number of nitrogens with one attached hydrogen (secondary N) is 1. The zero-order valence-electron chi connectivity index (χ0n) is 29.3. The van der Waals surface area contributed by atoms with E-state index in [9.17, 15) is 9.59 Å². The van der Waals surface area contributed by atoms with Crippen molar-refractivity contribution in [3.05, 3.63) is 24.5 Å². The third kappa shape index (κ3) is 5.34. The number of hydrogen-bond acceptors (Lipinski definition) is 6. The lowest BCUT2D eigenvalue weighted by Gasteiger charge is -2.61. The summed E-state index contributed by atoms with van der Waals surface area (Å²) in [5.41, 5.74) is 1.84. The number of nitrogens with zero attached hydrogens (tertiary/aromatic N) is 3. The molecular formula is C39H58N4O4. The highest BCUT2D eigenvalue weighted by Crippen LogP contribution is 2.71. The van der Waals surface area contributed by atoms with Crippen LogP contribution in [-0.4, -0.2) is 72.4 Å². The van der Waals surface area contributed by atoms with Crippen LogP contribution in [0.3, 0.4) is 0 Å². The maximum atomic E-state index is 13.1. The molecule has 0 aromatic carbocycles. The second-order valence-electron chi connectivity index (χ2n) is 17.5. The Morgan fingerprint density at radius 2 is 1.68 bits per heavy atom. The smallest absolute Gasteiger partial charge is 0.232 e. The van der Waals surface area contributed by atoms with Crippen LogP contribution in [-0.2, 0) is 19.1 Å². The van der Waals surface area contributed by atoms with Crippen molar-refractivity contribution < 1.29 is 19.1 Å². The lowest BCUT2D eigenvalue weighted by atomic mass is 9.44. The van der Waals surface area contributed by atoms with E-state index in [-0.39, 0.29) is 30.1 Å². The normalized spacial score (nSPS) is 45.9. The van der Waals surface area contributed by atoms with E-state index in [4.69, 9.17) is 9.47 Å². The summed E-state index contributed by atoms with van der Waals surface area (Å²) in [5.74, 6) is 4.24. The topological polar surface area (TPSA) is 84.0 Å². The zero-order chi connectivity index (χ0) is 32.6. The summed E-state index contributed by atoms with van der Waals surface area (Å²) in [6.45, 7) is 13.7. The molecule has 3 aliphatic heterocycles. The molecule has 47 heavy (non-hydrogen) atoms. The van der Waals surface area contributed by atoms with E-state index in [0.29, 0.717) is 53.7 Å². The number of fused-ring (bicyclic) bond motifs is 7. The van der Waals surface area contributed by atoms with Crippen LogP contribution in [0.4, 0.5) is 5.69 Å². The zero-order valence-corrected chi connectivity index (χ0v) is 29.3. The number of aromatic nitrogens is 1. The Bertz CT molecular complexity index is 1330. The van der Waals surface area contributed by atoms with Gasteiger partial charge in [0.1, 0.15) is 6.42 Å². The number of rotatable bonds is 4. The molecule has 4 aliphatic carbocycles. The summed E-state index contributed by atoms with van der Waals surface area (Å²) in [6.07, 6.45) is 16.0. The van der Waals surface area contributed by atoms with Gasteiger partial charge < -0.3 is 24.6 Å². The van der Waals surface area contributed by atoms with Crippen LogP contribution >= 0.6 is 0 Å². The summed E-state index contributed by atoms with van der Waals surface area (Å²) >= 11 is 0. The summed E-state index contributed by atoms with van der Waals surface area (Å²) in [7, 11) is 0. The van der Waals surface area contributed by atoms with Crippen LogP contribution < -0.4 is 10.2 Å². The first-order valence-electron chi connectivity index (χ1n) is 19.1. The predicted octanol–water partition coefficient (Wildman–Crippen LogP) is 6.05. The quantitative estimate of drug-likeness (QED) is 0.401. The molecule has 7 aliphatic rings. The molecule has 8 rings (SSSR count). The van der Waals surface area contributed by atoms with Crippen LogP contribution in [0.25, 0.3) is 0 Å². The molecule has 4 saturated carbocycles. The number of ether oxygens (including phenoxy) is 2. The van der Waals surface area contributed by atoms with E-state index in [2.05, 4.69) is 42.9 Å². The molecule has 258 valence electrons. The second-order valence-corrected chi connectivity index (χ2v) is 17.5. The van der Waals surface area contributed by atoms with Crippen molar-refractivity contribution in [2.75, 3.05) is 37.7 Å². The Balaban J connectivity index is 0.850. The third-order valence-electron chi connectivity index (χ3n) is 15.3. The molecule has 0 bridgehead atoms. The van der Waals surface area contributed by atoms with E-state index in [1.807, 2.05) is 17.0 Å². The molecule has 4 heterocycles. The van der Waals surface area contributed by atoms with Gasteiger partial charge in [0.15, 0.2) is 5.79 Å². The van der Waals surface area contributed by atoms with E-state index >= 15 is 0 Å². The minimum atomic E-state index is -0.334. The fourth-order valence-electron chi connectivity index (χ4n) is 12.7. The van der Waals surface area contributed by atoms with Gasteiger partial charge in [-0.15, -0.1) is 0 Å². The molecule has 2 amide bonds. The third-order valence-corrected chi connectivity index (χ3v) is 15.3. The van der Waals surface area contributed by atoms with Crippen LogP contribution in [0.5, 0.6) is 0 Å². The molecular weight excluding hydrogens is 588 g/mol. The van der Waals surface area contributed by atoms with Gasteiger partial charge >= 0.3 is 0 Å². The minimum Gasteiger partial charge on any atom is -0.368 e. The van der Waals surface area contributed by atoms with Crippen molar-refractivity contribution in [3.63, 3.8) is 0 Å². The van der Waals surface area contributed by atoms with Gasteiger partial charge in [-0.05, 0) is 116 Å². The van der Waals surface area contributed by atoms with Crippen molar-refractivity contribution in [2.24, 2.45) is 52.3 Å². The van der Waals surface area contributed by atoms with E-state index in [0.717, 1.165) is 62.4 Å². The monoisotopic (exact) mass is 646 g/mol. The van der Waals surface area contributed by atoms with Gasteiger partial charge in [-0.1, -0.05) is 27.7 Å². The first-order chi connectivity index (χ1) is 22.6. The van der Waals surface area contributed by atoms with Gasteiger partial charge in [0.05, 0.1) is 12.7 Å². The van der Waals surface area contributed by atoms with Gasteiger partial charge in [-0.3, -0.25) is 14.6 Å². The number of piperazine rings is 1. The lowest BCUT2D eigenvalue weighted by molar-refractivity contribution is -0.273. The van der Waals surface area contributed by atoms with Crippen molar-refractivity contribution in [2.45, 2.75) is 116 Å². The molecule has 1 aromatic rings. The summed E-state index contributed by atoms with van der Waals surface area (Å²) < 4.78 is 13.5. The molecule has 3 saturated heterocycles. The SMILES string of the molecule is C[C@H]1CC[C@@]2(OC1)O[C@H]1C[C@H]3[C@@H]4CC[C@@H]5CC(NC(=O)CC(=O)N6CCN(c7ccncc7)CC6)CC[C@]5(C)C4CC[C@]3(C)[C@H]1[C@@H]2C. The molecule has 0 radical (unpaired) electrons. The van der Waals surface area contributed by atoms with Crippen molar-refractivity contribution in [3.8, 4) is 0 Å². The fraction of sp³-hybridized carbons (Fsp3) is 0.821. The van der Waals surface area contributed by atoms with Gasteiger partial charge in [0.25, 0.3) is 0 Å². The first-order valence-corrected chi connectivity index (χ1v) is 19.1. The number of amides is 2. The number of carbonyl (C=O) groups is 2. The molecule has 1 aromatic heterocycles. The van der Waals surface area contributed by atoms with Crippen molar-refractivity contribution in [1.29, 1.82) is 0 Å². The maximum absolute atomic E-state index is 13.1. The standard InChI is InChI=1S/C39H58N4O4/c1-25-7-14-39(46-24-25)26(2)36-33(47-39)22-32-30-6-5-27-21-28(8-12-37(27,3)31(30)9-13-38(32,36)4)41-34(44)23-35(45)43-19-17-42(18-20-43)29-10-15-40-16-11-29/h10-11,15-16,25-28,30-33,36H,5-9,12-14,17-24H2,1-4H3,(H,41,44)/t25-,26-,27+,28?,30+,31?,32-,33-,36-,37-,38-,39+/m0/s1. The summed E-state index contributed by atoms with van der Waals surface area (Å²) in [4.78, 5) is 34.4. The van der Waals surface area contributed by atoms with Gasteiger partial charge in [0.2, 0.25) is 11.8 Å². The number of carbonyl (C=O) groups excluding carboxylic acids is 2. The molecule has 12 atom stereocenters. The molecule has 7 fully saturated rings. The van der Waals surface area contributed by atoms with Crippen LogP contribution in [0, 0.1) is 52.3 Å². The number of pyridine rings is 1. The maximum Gasteiger partial charge on any atom is 0.232 e. The van der Waals surface area contributed by atoms with E-state index < -0.39 is 0 Å². The Morgan fingerprint density at radius 3 is 2.43 bits per heavy atom.